The molecule has 3 aliphatic heterocycles. The molecule has 0 bridgehead atoms. The van der Waals surface area contributed by atoms with Crippen LogP contribution in [0.1, 0.15) is 27.2 Å². The molecule has 3 heterocycles. The average molecular weight is 296 g/mol. The van der Waals surface area contributed by atoms with Gasteiger partial charge >= 0.3 is 6.09 Å². The van der Waals surface area contributed by atoms with E-state index in [1.165, 1.54) is 11.9 Å². The van der Waals surface area contributed by atoms with E-state index < -0.39 is 29.8 Å². The molecular weight excluding hydrogens is 276 g/mol. The Hall–Kier alpha value is -1.63. The number of rotatable bonds is 0. The second-order valence-corrected chi connectivity index (χ2v) is 6.67. The fourth-order valence-corrected chi connectivity index (χ4v) is 4.24. The number of ether oxygens (including phenoxy) is 1. The van der Waals surface area contributed by atoms with Gasteiger partial charge in [-0.3, -0.25) is 19.4 Å². The average Bonchev–Trinajstić information content (AvgIpc) is 2.79. The normalized spacial score (nSPS) is 45.8. The zero-order valence-electron chi connectivity index (χ0n) is 12.6. The van der Waals surface area contributed by atoms with E-state index in [2.05, 4.69) is 0 Å². The van der Waals surface area contributed by atoms with Crippen LogP contribution in [0.3, 0.4) is 0 Å². The molecule has 0 aliphatic carbocycles. The van der Waals surface area contributed by atoms with Gasteiger partial charge in [0.2, 0.25) is 5.91 Å². The second-order valence-electron chi connectivity index (χ2n) is 6.67. The van der Waals surface area contributed by atoms with E-state index in [9.17, 15) is 19.5 Å². The van der Waals surface area contributed by atoms with E-state index in [-0.39, 0.29) is 23.8 Å². The minimum absolute atomic E-state index is 0.101. The third kappa shape index (κ3) is 1.67. The first-order valence-corrected chi connectivity index (χ1v) is 7.19. The van der Waals surface area contributed by atoms with Crippen LogP contribution in [0.25, 0.3) is 0 Å². The van der Waals surface area contributed by atoms with Gasteiger partial charge in [-0.25, -0.2) is 4.79 Å². The van der Waals surface area contributed by atoms with Gasteiger partial charge in [0.1, 0.15) is 0 Å². The molecule has 1 N–H and O–H groups in total. The molecule has 0 aromatic rings. The maximum absolute atomic E-state index is 12.4. The largest absolute Gasteiger partial charge is 0.465 e. The van der Waals surface area contributed by atoms with Crippen LogP contribution in [-0.4, -0.2) is 63.7 Å². The summed E-state index contributed by atoms with van der Waals surface area (Å²) >= 11 is 0. The lowest BCUT2D eigenvalue weighted by atomic mass is 9.74. The van der Waals surface area contributed by atoms with Crippen molar-refractivity contribution in [3.8, 4) is 0 Å². The summed E-state index contributed by atoms with van der Waals surface area (Å²) in [6, 6.07) is -0.815. The van der Waals surface area contributed by atoms with Crippen LogP contribution >= 0.6 is 0 Å². The van der Waals surface area contributed by atoms with Crippen molar-refractivity contribution in [2.24, 2.45) is 11.8 Å². The van der Waals surface area contributed by atoms with Gasteiger partial charge in [0.15, 0.2) is 6.10 Å². The number of amides is 3. The summed E-state index contributed by atoms with van der Waals surface area (Å²) in [7, 11) is 1.42. The first kappa shape index (κ1) is 14.3. The van der Waals surface area contributed by atoms with Crippen molar-refractivity contribution in [2.45, 2.75) is 51.0 Å². The predicted molar refractivity (Wildman–Crippen MR) is 71.4 cm³/mol. The number of nitrogens with zero attached hydrogens (tertiary/aromatic N) is 2. The van der Waals surface area contributed by atoms with Crippen LogP contribution in [0.5, 0.6) is 0 Å². The number of hydrogen-bond acceptors (Lipinski definition) is 4. The van der Waals surface area contributed by atoms with E-state index in [0.29, 0.717) is 6.42 Å². The zero-order chi connectivity index (χ0) is 15.7. The van der Waals surface area contributed by atoms with Gasteiger partial charge in [0, 0.05) is 13.1 Å². The summed E-state index contributed by atoms with van der Waals surface area (Å²) in [6.07, 6.45) is -1.28. The van der Waals surface area contributed by atoms with E-state index in [1.54, 1.807) is 0 Å². The number of carbonyl (C=O) groups is 3. The molecule has 0 saturated carbocycles. The number of carbonyl (C=O) groups excluding carboxylic acids is 2. The molecule has 0 radical (unpaired) electrons. The molecule has 0 aromatic carbocycles. The first-order chi connectivity index (χ1) is 9.69. The molecule has 3 aliphatic rings. The predicted octanol–water partition coefficient (Wildman–Crippen LogP) is 0.536. The Morgan fingerprint density at radius 1 is 1.33 bits per heavy atom. The lowest BCUT2D eigenvalue weighted by Crippen LogP contribution is -2.63. The molecule has 0 spiro atoms. The lowest BCUT2D eigenvalue weighted by Gasteiger charge is -2.49. The van der Waals surface area contributed by atoms with Crippen molar-refractivity contribution in [2.75, 3.05) is 7.05 Å². The van der Waals surface area contributed by atoms with Gasteiger partial charge in [0.05, 0.1) is 17.6 Å². The summed E-state index contributed by atoms with van der Waals surface area (Å²) in [4.78, 5) is 38.6. The molecule has 7 nitrogen and oxygen atoms in total. The molecule has 7 heteroatoms. The Morgan fingerprint density at radius 2 is 1.95 bits per heavy atom. The van der Waals surface area contributed by atoms with Crippen molar-refractivity contribution >= 4 is 17.9 Å². The third-order valence-corrected chi connectivity index (χ3v) is 5.39. The highest BCUT2D eigenvalue weighted by Gasteiger charge is 2.67. The number of piperidine rings is 1. The van der Waals surface area contributed by atoms with Gasteiger partial charge < -0.3 is 9.84 Å². The minimum Gasteiger partial charge on any atom is -0.465 e. The number of likely N-dealkylation sites (N-methyl/N-ethyl adjacent to an activating group) is 1. The van der Waals surface area contributed by atoms with E-state index in [4.69, 9.17) is 4.74 Å². The number of likely N-dealkylation sites (tertiary alicyclic amines) is 2. The molecule has 3 fully saturated rings. The third-order valence-electron chi connectivity index (χ3n) is 5.39. The summed E-state index contributed by atoms with van der Waals surface area (Å²) in [6.45, 7) is 5.63. The van der Waals surface area contributed by atoms with Crippen LogP contribution in [0, 0.1) is 11.8 Å². The highest BCUT2D eigenvalue weighted by atomic mass is 16.5. The van der Waals surface area contributed by atoms with Gasteiger partial charge in [-0.1, -0.05) is 6.92 Å². The molecule has 3 amide bonds. The fourth-order valence-electron chi connectivity index (χ4n) is 4.24. The maximum atomic E-state index is 12.4. The topological polar surface area (TPSA) is 87.2 Å². The van der Waals surface area contributed by atoms with Crippen LogP contribution in [0.15, 0.2) is 0 Å². The molecular formula is C14H20N2O5. The van der Waals surface area contributed by atoms with Crippen LogP contribution in [-0.2, 0) is 14.3 Å². The molecule has 6 atom stereocenters. The van der Waals surface area contributed by atoms with Crippen molar-refractivity contribution in [1.82, 2.24) is 9.80 Å². The Morgan fingerprint density at radius 3 is 2.52 bits per heavy atom. The van der Waals surface area contributed by atoms with Gasteiger partial charge in [-0.05, 0) is 26.2 Å². The second kappa shape index (κ2) is 4.19. The van der Waals surface area contributed by atoms with Crippen LogP contribution in [0.2, 0.25) is 0 Å². The SMILES string of the molecule is CC1CC2(C)OC3C(=O)N(C)C(=O)C3C2N(C(=O)O)C1C. The Labute approximate surface area is 122 Å². The lowest BCUT2D eigenvalue weighted by molar-refractivity contribution is -0.152. The fraction of sp³-hybridized carbons (Fsp3) is 0.786. The van der Waals surface area contributed by atoms with Gasteiger partial charge in [-0.15, -0.1) is 0 Å². The van der Waals surface area contributed by atoms with Crippen molar-refractivity contribution in [3.63, 3.8) is 0 Å². The highest BCUT2D eigenvalue weighted by Crippen LogP contribution is 2.50. The van der Waals surface area contributed by atoms with Crippen LogP contribution in [0.4, 0.5) is 4.79 Å². The molecule has 116 valence electrons. The smallest absolute Gasteiger partial charge is 0.407 e. The van der Waals surface area contributed by atoms with E-state index in [0.717, 1.165) is 4.90 Å². The van der Waals surface area contributed by atoms with Crippen molar-refractivity contribution in [1.29, 1.82) is 0 Å². The van der Waals surface area contributed by atoms with Gasteiger partial charge in [-0.2, -0.15) is 0 Å². The molecule has 6 unspecified atom stereocenters. The highest BCUT2D eigenvalue weighted by molar-refractivity contribution is 6.07. The minimum atomic E-state index is -1.07. The Bertz CT molecular complexity index is 535. The summed E-state index contributed by atoms with van der Waals surface area (Å²) < 4.78 is 5.91. The molecule has 0 aromatic heterocycles. The molecule has 3 saturated heterocycles. The molecule has 21 heavy (non-hydrogen) atoms. The number of carboxylic acid groups (broad SMARTS) is 1. The first-order valence-electron chi connectivity index (χ1n) is 7.19. The quantitative estimate of drug-likeness (QED) is 0.659. The standard InChI is InChI=1S/C14H20N2O5/c1-6-5-14(3)10(16(7(6)2)13(19)20)8-9(21-14)12(18)15(4)11(8)17/h6-10H,5H2,1-4H3,(H,19,20). The molecule has 3 rings (SSSR count). The van der Waals surface area contributed by atoms with Crippen LogP contribution < -0.4 is 0 Å². The van der Waals surface area contributed by atoms with Crippen molar-refractivity contribution < 1.29 is 24.2 Å². The number of fused-ring (bicyclic) bond motifs is 3. The van der Waals surface area contributed by atoms with Gasteiger partial charge in [0.25, 0.3) is 5.91 Å². The monoisotopic (exact) mass is 296 g/mol. The summed E-state index contributed by atoms with van der Waals surface area (Å²) in [5, 5.41) is 9.59. The Balaban J connectivity index is 2.08. The Kier molecular flexibility index (Phi) is 2.86. The number of hydrogen-bond donors (Lipinski definition) is 1. The van der Waals surface area contributed by atoms with Crippen molar-refractivity contribution in [3.05, 3.63) is 0 Å². The maximum Gasteiger partial charge on any atom is 0.407 e. The number of imide groups is 1. The van der Waals surface area contributed by atoms with E-state index in [1.807, 2.05) is 20.8 Å². The van der Waals surface area contributed by atoms with E-state index >= 15 is 0 Å². The summed E-state index contributed by atoms with van der Waals surface area (Å²) in [5.41, 5.74) is -0.785. The zero-order valence-corrected chi connectivity index (χ0v) is 12.6. The summed E-state index contributed by atoms with van der Waals surface area (Å²) in [5.74, 6) is -1.33.